The van der Waals surface area contributed by atoms with Crippen LogP contribution < -0.4 is 14.5 Å². The minimum Gasteiger partial charge on any atom is -0.474 e. The zero-order valence-electron chi connectivity index (χ0n) is 14.1. The normalized spacial score (nSPS) is 16.6. The van der Waals surface area contributed by atoms with Gasteiger partial charge in [0.05, 0.1) is 6.54 Å². The third kappa shape index (κ3) is 2.84. The molecule has 0 unspecified atom stereocenters. The summed E-state index contributed by atoms with van der Waals surface area (Å²) in [5, 5.41) is 0. The second-order valence-corrected chi connectivity index (χ2v) is 6.34. The molecule has 2 aromatic rings. The second-order valence-electron chi connectivity index (χ2n) is 6.34. The van der Waals surface area contributed by atoms with Gasteiger partial charge in [-0.3, -0.25) is 9.59 Å². The third-order valence-corrected chi connectivity index (χ3v) is 4.54. The highest BCUT2D eigenvalue weighted by atomic mass is 16.5. The minimum absolute atomic E-state index is 0.106. The van der Waals surface area contributed by atoms with E-state index in [4.69, 9.17) is 4.74 Å². The number of hydrogen-bond acceptors (Lipinski definition) is 4. The Morgan fingerprint density at radius 3 is 2.92 bits per heavy atom. The van der Waals surface area contributed by atoms with Crippen molar-refractivity contribution in [1.82, 2.24) is 4.98 Å². The first kappa shape index (κ1) is 15.6. The summed E-state index contributed by atoms with van der Waals surface area (Å²) in [5.74, 6) is 0.489. The SMILES string of the molecule is Cc1cnc2c(c1)N(C(=O)c1cccc(N3CCCC3=O)c1)CCO2. The first-order valence-electron chi connectivity index (χ1n) is 8.45. The predicted molar refractivity (Wildman–Crippen MR) is 94.2 cm³/mol. The summed E-state index contributed by atoms with van der Waals surface area (Å²) >= 11 is 0. The number of carbonyl (C=O) groups is 2. The summed E-state index contributed by atoms with van der Waals surface area (Å²) in [7, 11) is 0. The third-order valence-electron chi connectivity index (χ3n) is 4.54. The van der Waals surface area contributed by atoms with Gasteiger partial charge in [-0.15, -0.1) is 0 Å². The lowest BCUT2D eigenvalue weighted by atomic mass is 10.1. The molecule has 0 bridgehead atoms. The molecule has 128 valence electrons. The minimum atomic E-state index is -0.106. The second kappa shape index (κ2) is 6.20. The number of fused-ring (bicyclic) bond motifs is 1. The van der Waals surface area contributed by atoms with Gasteiger partial charge in [0.2, 0.25) is 11.8 Å². The highest BCUT2D eigenvalue weighted by molar-refractivity contribution is 6.08. The highest BCUT2D eigenvalue weighted by Gasteiger charge is 2.27. The smallest absolute Gasteiger partial charge is 0.258 e. The van der Waals surface area contributed by atoms with E-state index in [0.29, 0.717) is 43.2 Å². The van der Waals surface area contributed by atoms with Gasteiger partial charge in [0.15, 0.2) is 0 Å². The molecule has 3 heterocycles. The zero-order chi connectivity index (χ0) is 17.4. The van der Waals surface area contributed by atoms with Gasteiger partial charge in [-0.25, -0.2) is 4.98 Å². The van der Waals surface area contributed by atoms with Crippen molar-refractivity contribution in [3.63, 3.8) is 0 Å². The molecule has 2 amide bonds. The van der Waals surface area contributed by atoms with E-state index in [1.807, 2.05) is 25.1 Å². The van der Waals surface area contributed by atoms with E-state index in [1.165, 1.54) is 0 Å². The molecule has 4 rings (SSSR count). The maximum atomic E-state index is 13.1. The Morgan fingerprint density at radius 2 is 2.12 bits per heavy atom. The first-order chi connectivity index (χ1) is 12.1. The van der Waals surface area contributed by atoms with Gasteiger partial charge in [0, 0.05) is 30.4 Å². The van der Waals surface area contributed by atoms with Crippen LogP contribution in [-0.4, -0.2) is 36.5 Å². The maximum Gasteiger partial charge on any atom is 0.258 e. The molecule has 0 radical (unpaired) electrons. The summed E-state index contributed by atoms with van der Waals surface area (Å²) in [6, 6.07) is 9.19. The molecular weight excluding hydrogens is 318 g/mol. The average molecular weight is 337 g/mol. The van der Waals surface area contributed by atoms with Crippen LogP contribution in [0.1, 0.15) is 28.8 Å². The molecule has 1 saturated heterocycles. The number of carbonyl (C=O) groups excluding carboxylic acids is 2. The molecule has 2 aliphatic heterocycles. The van der Waals surface area contributed by atoms with Crippen LogP contribution in [0.25, 0.3) is 0 Å². The fourth-order valence-corrected chi connectivity index (χ4v) is 3.29. The Labute approximate surface area is 146 Å². The lowest BCUT2D eigenvalue weighted by molar-refractivity contribution is -0.117. The van der Waals surface area contributed by atoms with Gasteiger partial charge in [-0.1, -0.05) is 6.07 Å². The van der Waals surface area contributed by atoms with Gasteiger partial charge in [-0.2, -0.15) is 0 Å². The lowest BCUT2D eigenvalue weighted by Crippen LogP contribution is -2.38. The van der Waals surface area contributed by atoms with Gasteiger partial charge in [0.1, 0.15) is 12.3 Å². The zero-order valence-corrected chi connectivity index (χ0v) is 14.1. The molecule has 2 aliphatic rings. The summed E-state index contributed by atoms with van der Waals surface area (Å²) in [4.78, 5) is 32.7. The van der Waals surface area contributed by atoms with Gasteiger partial charge < -0.3 is 14.5 Å². The van der Waals surface area contributed by atoms with Gasteiger partial charge in [0.25, 0.3) is 5.91 Å². The van der Waals surface area contributed by atoms with Crippen molar-refractivity contribution >= 4 is 23.2 Å². The number of hydrogen-bond donors (Lipinski definition) is 0. The average Bonchev–Trinajstić information content (AvgIpc) is 3.06. The Hall–Kier alpha value is -2.89. The molecule has 1 fully saturated rings. The Bertz CT molecular complexity index is 850. The van der Waals surface area contributed by atoms with Crippen LogP contribution >= 0.6 is 0 Å². The predicted octanol–water partition coefficient (Wildman–Crippen LogP) is 2.56. The van der Waals surface area contributed by atoms with Crippen LogP contribution in [0.3, 0.4) is 0 Å². The number of aromatic nitrogens is 1. The van der Waals surface area contributed by atoms with E-state index in [9.17, 15) is 9.59 Å². The molecule has 0 aliphatic carbocycles. The van der Waals surface area contributed by atoms with Crippen LogP contribution in [0.5, 0.6) is 5.88 Å². The summed E-state index contributed by atoms with van der Waals surface area (Å²) < 4.78 is 5.56. The summed E-state index contributed by atoms with van der Waals surface area (Å²) in [6.07, 6.45) is 3.16. The highest BCUT2D eigenvalue weighted by Crippen LogP contribution is 2.31. The number of aryl methyl sites for hydroxylation is 1. The summed E-state index contributed by atoms with van der Waals surface area (Å²) in [6.45, 7) is 3.53. The summed E-state index contributed by atoms with van der Waals surface area (Å²) in [5.41, 5.74) is 3.01. The molecule has 0 spiro atoms. The molecule has 6 nitrogen and oxygen atoms in total. The monoisotopic (exact) mass is 337 g/mol. The standard InChI is InChI=1S/C19H19N3O3/c1-13-10-16-18(20-12-13)25-9-8-22(16)19(24)14-4-2-5-15(11-14)21-7-3-6-17(21)23/h2,4-5,10-12H,3,6-9H2,1H3. The molecule has 0 saturated carbocycles. The van der Waals surface area contributed by atoms with Crippen molar-refractivity contribution in [2.24, 2.45) is 0 Å². The number of rotatable bonds is 2. The molecule has 25 heavy (non-hydrogen) atoms. The Kier molecular flexibility index (Phi) is 3.87. The number of pyridine rings is 1. The molecule has 0 atom stereocenters. The van der Waals surface area contributed by atoms with Crippen LogP contribution in [0.2, 0.25) is 0 Å². The van der Waals surface area contributed by atoms with E-state index >= 15 is 0 Å². The van der Waals surface area contributed by atoms with Gasteiger partial charge >= 0.3 is 0 Å². The topological polar surface area (TPSA) is 62.7 Å². The molecule has 6 heteroatoms. The molecule has 1 aromatic heterocycles. The number of ether oxygens (including phenoxy) is 1. The van der Waals surface area contributed by atoms with E-state index in [0.717, 1.165) is 17.7 Å². The number of nitrogens with zero attached hydrogens (tertiary/aromatic N) is 3. The largest absolute Gasteiger partial charge is 0.474 e. The van der Waals surface area contributed by atoms with Crippen molar-refractivity contribution in [2.45, 2.75) is 19.8 Å². The molecule has 1 aromatic carbocycles. The van der Waals surface area contributed by atoms with Crippen LogP contribution in [0, 0.1) is 6.92 Å². The molecule has 0 N–H and O–H groups in total. The Morgan fingerprint density at radius 1 is 1.24 bits per heavy atom. The first-order valence-corrected chi connectivity index (χ1v) is 8.45. The van der Waals surface area contributed by atoms with Crippen molar-refractivity contribution in [3.05, 3.63) is 47.7 Å². The van der Waals surface area contributed by atoms with Crippen molar-refractivity contribution in [1.29, 1.82) is 0 Å². The van der Waals surface area contributed by atoms with Crippen LogP contribution in [0.4, 0.5) is 11.4 Å². The fourth-order valence-electron chi connectivity index (χ4n) is 3.29. The van der Waals surface area contributed by atoms with E-state index in [-0.39, 0.29) is 11.8 Å². The number of anilines is 2. The van der Waals surface area contributed by atoms with Crippen LogP contribution in [0.15, 0.2) is 36.5 Å². The fraction of sp³-hybridized carbons (Fsp3) is 0.316. The van der Waals surface area contributed by atoms with Crippen molar-refractivity contribution in [3.8, 4) is 5.88 Å². The lowest BCUT2D eigenvalue weighted by Gasteiger charge is -2.29. The molecular formula is C19H19N3O3. The Balaban J connectivity index is 1.66. The number of benzene rings is 1. The van der Waals surface area contributed by atoms with Crippen molar-refractivity contribution < 1.29 is 14.3 Å². The van der Waals surface area contributed by atoms with E-state index < -0.39 is 0 Å². The van der Waals surface area contributed by atoms with Crippen LogP contribution in [-0.2, 0) is 4.79 Å². The quantitative estimate of drug-likeness (QED) is 0.845. The van der Waals surface area contributed by atoms with E-state index in [1.54, 1.807) is 28.1 Å². The van der Waals surface area contributed by atoms with Gasteiger partial charge in [-0.05, 0) is 43.2 Å². The maximum absolute atomic E-state index is 13.1. The van der Waals surface area contributed by atoms with E-state index in [2.05, 4.69) is 4.98 Å². The van der Waals surface area contributed by atoms with Crippen molar-refractivity contribution in [2.75, 3.05) is 29.5 Å². The number of amides is 2.